The molecule has 0 saturated heterocycles. The van der Waals surface area contributed by atoms with Crippen LogP contribution in [-0.4, -0.2) is 15.7 Å². The van der Waals surface area contributed by atoms with E-state index in [1.54, 1.807) is 4.68 Å². The molecule has 5 nitrogen and oxygen atoms in total. The lowest BCUT2D eigenvalue weighted by Gasteiger charge is -2.02. The van der Waals surface area contributed by atoms with Gasteiger partial charge in [0.15, 0.2) is 0 Å². The van der Waals surface area contributed by atoms with E-state index in [0.29, 0.717) is 17.1 Å². The summed E-state index contributed by atoms with van der Waals surface area (Å²) in [5.74, 6) is -0.175. The van der Waals surface area contributed by atoms with Crippen LogP contribution >= 0.6 is 27.3 Å². The number of nitrogen functional groups attached to an aromatic ring is 1. The number of fused-ring (bicyclic) bond motifs is 1. The van der Waals surface area contributed by atoms with Crippen molar-refractivity contribution in [3.05, 3.63) is 45.5 Å². The van der Waals surface area contributed by atoms with Gasteiger partial charge in [0, 0.05) is 27.8 Å². The van der Waals surface area contributed by atoms with Gasteiger partial charge >= 0.3 is 0 Å². The van der Waals surface area contributed by atoms with Crippen LogP contribution in [0.25, 0.3) is 10.1 Å². The first-order valence-electron chi connectivity index (χ1n) is 6.29. The highest BCUT2D eigenvalue weighted by atomic mass is 79.9. The number of halogens is 1. The Bertz CT molecular complexity index is 824. The molecular formula is C14H13BrN4OS. The van der Waals surface area contributed by atoms with E-state index in [4.69, 9.17) is 5.73 Å². The third-order valence-corrected chi connectivity index (χ3v) is 4.94. The second-order valence-corrected chi connectivity index (χ2v) is 6.53. The van der Waals surface area contributed by atoms with Crippen molar-refractivity contribution in [2.45, 2.75) is 6.54 Å². The Balaban J connectivity index is 1.84. The van der Waals surface area contributed by atoms with Gasteiger partial charge in [0.25, 0.3) is 5.91 Å². The van der Waals surface area contributed by atoms with Crippen LogP contribution in [0.4, 0.5) is 5.69 Å². The number of aromatic nitrogens is 2. The molecule has 0 aliphatic rings. The highest BCUT2D eigenvalue weighted by molar-refractivity contribution is 9.10. The Morgan fingerprint density at radius 2 is 2.29 bits per heavy atom. The minimum atomic E-state index is -0.175. The standard InChI is InChI=1S/C14H13BrN4OS/c1-19-6-5-8(18-19)7-17-14(20)13-12(16)11-9(15)3-2-4-10(11)21-13/h2-6H,7,16H2,1H3,(H,17,20). The maximum Gasteiger partial charge on any atom is 0.263 e. The maximum absolute atomic E-state index is 12.3. The number of hydrogen-bond acceptors (Lipinski definition) is 4. The Morgan fingerprint density at radius 3 is 2.95 bits per heavy atom. The molecule has 1 amide bonds. The first kappa shape index (κ1) is 14.1. The highest BCUT2D eigenvalue weighted by Crippen LogP contribution is 2.38. The van der Waals surface area contributed by atoms with Gasteiger partial charge in [-0.3, -0.25) is 9.48 Å². The zero-order valence-corrected chi connectivity index (χ0v) is 13.7. The summed E-state index contributed by atoms with van der Waals surface area (Å²) < 4.78 is 3.59. The third-order valence-electron chi connectivity index (χ3n) is 3.11. The van der Waals surface area contributed by atoms with Crippen LogP contribution in [0.3, 0.4) is 0 Å². The number of carbonyl (C=O) groups excluding carboxylic acids is 1. The molecule has 1 aromatic carbocycles. The third kappa shape index (κ3) is 2.66. The number of thiophene rings is 1. The number of rotatable bonds is 3. The summed E-state index contributed by atoms with van der Waals surface area (Å²) in [6, 6.07) is 7.67. The lowest BCUT2D eigenvalue weighted by molar-refractivity contribution is 0.0955. The molecule has 0 unspecified atom stereocenters. The summed E-state index contributed by atoms with van der Waals surface area (Å²) in [5.41, 5.74) is 7.44. The van der Waals surface area contributed by atoms with Crippen LogP contribution in [0.2, 0.25) is 0 Å². The number of nitrogens with two attached hydrogens (primary N) is 1. The van der Waals surface area contributed by atoms with Crippen LogP contribution in [0.15, 0.2) is 34.9 Å². The van der Waals surface area contributed by atoms with Gasteiger partial charge in [-0.05, 0) is 18.2 Å². The van der Waals surface area contributed by atoms with Gasteiger partial charge in [-0.1, -0.05) is 22.0 Å². The smallest absolute Gasteiger partial charge is 0.263 e. The topological polar surface area (TPSA) is 72.9 Å². The van der Waals surface area contributed by atoms with Gasteiger partial charge in [0.1, 0.15) is 4.88 Å². The Morgan fingerprint density at radius 1 is 1.48 bits per heavy atom. The van der Waals surface area contributed by atoms with Crippen molar-refractivity contribution >= 4 is 48.9 Å². The zero-order chi connectivity index (χ0) is 15.0. The van der Waals surface area contributed by atoms with E-state index in [0.717, 1.165) is 20.3 Å². The minimum Gasteiger partial charge on any atom is -0.397 e. The lowest BCUT2D eigenvalue weighted by atomic mass is 10.2. The highest BCUT2D eigenvalue weighted by Gasteiger charge is 2.17. The van der Waals surface area contributed by atoms with E-state index in [2.05, 4.69) is 26.3 Å². The molecular weight excluding hydrogens is 352 g/mol. The molecule has 0 radical (unpaired) electrons. The number of amides is 1. The number of carbonyl (C=O) groups is 1. The molecule has 7 heteroatoms. The van der Waals surface area contributed by atoms with Crippen LogP contribution < -0.4 is 11.1 Å². The molecule has 0 aliphatic heterocycles. The van der Waals surface area contributed by atoms with E-state index in [-0.39, 0.29) is 5.91 Å². The maximum atomic E-state index is 12.3. The van der Waals surface area contributed by atoms with Gasteiger partial charge < -0.3 is 11.1 Å². The average Bonchev–Trinajstić information content (AvgIpc) is 3.01. The molecule has 108 valence electrons. The van der Waals surface area contributed by atoms with E-state index < -0.39 is 0 Å². The van der Waals surface area contributed by atoms with Crippen LogP contribution in [0.1, 0.15) is 15.4 Å². The molecule has 2 aromatic heterocycles. The predicted octanol–water partition coefficient (Wildman–Crippen LogP) is 2.91. The van der Waals surface area contributed by atoms with Crippen LogP contribution in [0, 0.1) is 0 Å². The first-order chi connectivity index (χ1) is 10.1. The SMILES string of the molecule is Cn1ccc(CNC(=O)c2sc3cccc(Br)c3c2N)n1. The van der Waals surface area contributed by atoms with Crippen molar-refractivity contribution in [3.8, 4) is 0 Å². The van der Waals surface area contributed by atoms with Gasteiger partial charge in [0.2, 0.25) is 0 Å². The Kier molecular flexibility index (Phi) is 3.69. The van der Waals surface area contributed by atoms with E-state index in [9.17, 15) is 4.79 Å². The van der Waals surface area contributed by atoms with Gasteiger partial charge in [-0.15, -0.1) is 11.3 Å². The van der Waals surface area contributed by atoms with Crippen molar-refractivity contribution in [2.75, 3.05) is 5.73 Å². The molecule has 0 atom stereocenters. The number of anilines is 1. The van der Waals surface area contributed by atoms with Crippen molar-refractivity contribution in [1.82, 2.24) is 15.1 Å². The fourth-order valence-electron chi connectivity index (χ4n) is 2.11. The minimum absolute atomic E-state index is 0.175. The summed E-state index contributed by atoms with van der Waals surface area (Å²) in [6.07, 6.45) is 1.84. The summed E-state index contributed by atoms with van der Waals surface area (Å²) in [6.45, 7) is 0.383. The number of hydrogen-bond donors (Lipinski definition) is 2. The Hall–Kier alpha value is -1.86. The Labute approximate surface area is 133 Å². The normalized spacial score (nSPS) is 11.0. The second-order valence-electron chi connectivity index (χ2n) is 4.62. The monoisotopic (exact) mass is 364 g/mol. The second kappa shape index (κ2) is 5.50. The molecule has 0 fully saturated rings. The molecule has 0 saturated carbocycles. The van der Waals surface area contributed by atoms with Crippen molar-refractivity contribution in [2.24, 2.45) is 7.05 Å². The van der Waals surface area contributed by atoms with Crippen LogP contribution in [0.5, 0.6) is 0 Å². The number of aryl methyl sites for hydroxylation is 1. The predicted molar refractivity (Wildman–Crippen MR) is 88.3 cm³/mol. The van der Waals surface area contributed by atoms with E-state index in [1.165, 1.54) is 11.3 Å². The van der Waals surface area contributed by atoms with Gasteiger partial charge in [-0.25, -0.2) is 0 Å². The molecule has 2 heterocycles. The molecule has 0 bridgehead atoms. The van der Waals surface area contributed by atoms with Gasteiger partial charge in [0.05, 0.1) is 17.9 Å². The number of nitrogens with zero attached hydrogens (tertiary/aromatic N) is 2. The zero-order valence-electron chi connectivity index (χ0n) is 11.3. The van der Waals surface area contributed by atoms with E-state index in [1.807, 2.05) is 37.5 Å². The summed E-state index contributed by atoms with van der Waals surface area (Å²) in [4.78, 5) is 12.8. The van der Waals surface area contributed by atoms with Crippen molar-refractivity contribution < 1.29 is 4.79 Å². The molecule has 0 aliphatic carbocycles. The molecule has 3 N–H and O–H groups in total. The molecule has 21 heavy (non-hydrogen) atoms. The first-order valence-corrected chi connectivity index (χ1v) is 7.90. The van der Waals surface area contributed by atoms with Gasteiger partial charge in [-0.2, -0.15) is 5.10 Å². The fraction of sp³-hybridized carbons (Fsp3) is 0.143. The summed E-state index contributed by atoms with van der Waals surface area (Å²) in [5, 5.41) is 7.97. The van der Waals surface area contributed by atoms with Crippen molar-refractivity contribution in [1.29, 1.82) is 0 Å². The largest absolute Gasteiger partial charge is 0.397 e. The molecule has 0 spiro atoms. The number of benzene rings is 1. The summed E-state index contributed by atoms with van der Waals surface area (Å²) >= 11 is 4.86. The van der Waals surface area contributed by atoms with E-state index >= 15 is 0 Å². The molecule has 3 aromatic rings. The lowest BCUT2D eigenvalue weighted by Crippen LogP contribution is -2.23. The fourth-order valence-corrected chi connectivity index (χ4v) is 3.88. The molecule has 3 rings (SSSR count). The summed E-state index contributed by atoms with van der Waals surface area (Å²) in [7, 11) is 1.84. The number of nitrogens with one attached hydrogen (secondary N) is 1. The quantitative estimate of drug-likeness (QED) is 0.750. The average molecular weight is 365 g/mol. The van der Waals surface area contributed by atoms with Crippen molar-refractivity contribution in [3.63, 3.8) is 0 Å². The van der Waals surface area contributed by atoms with Crippen LogP contribution in [-0.2, 0) is 13.6 Å².